The number of anilines is 1. The van der Waals surface area contributed by atoms with E-state index in [4.69, 9.17) is 18.7 Å². The Hall–Kier alpha value is -4.33. The molecule has 1 amide bonds. The van der Waals surface area contributed by atoms with Crippen molar-refractivity contribution in [3.05, 3.63) is 72.3 Å². The van der Waals surface area contributed by atoms with Crippen molar-refractivity contribution in [2.45, 2.75) is 0 Å². The molecular weight excluding hydrogens is 410 g/mol. The molecule has 3 aromatic carbocycles. The minimum atomic E-state index is -0.214. The molecule has 32 heavy (non-hydrogen) atoms. The normalized spacial score (nSPS) is 10.5. The molecule has 0 radical (unpaired) electrons. The number of nitrogens with one attached hydrogen (secondary N) is 1. The van der Waals surface area contributed by atoms with Crippen LogP contribution in [0, 0.1) is 0 Å². The number of aromatic nitrogens is 2. The molecule has 8 heteroatoms. The quantitative estimate of drug-likeness (QED) is 0.454. The molecule has 0 aliphatic rings. The Kier molecular flexibility index (Phi) is 6.03. The van der Waals surface area contributed by atoms with Crippen LogP contribution < -0.4 is 19.5 Å². The summed E-state index contributed by atoms with van der Waals surface area (Å²) in [5.74, 6) is 2.47. The van der Waals surface area contributed by atoms with Crippen LogP contribution in [0.5, 0.6) is 17.2 Å². The molecular formula is C24H21N3O5. The van der Waals surface area contributed by atoms with Gasteiger partial charge in [-0.05, 0) is 66.7 Å². The van der Waals surface area contributed by atoms with Gasteiger partial charge in [0.05, 0.1) is 21.3 Å². The number of benzene rings is 3. The second-order valence-electron chi connectivity index (χ2n) is 6.75. The van der Waals surface area contributed by atoms with Crippen LogP contribution in [0.4, 0.5) is 5.69 Å². The fourth-order valence-electron chi connectivity index (χ4n) is 3.08. The van der Waals surface area contributed by atoms with Gasteiger partial charge in [-0.25, -0.2) is 0 Å². The van der Waals surface area contributed by atoms with E-state index in [9.17, 15) is 4.79 Å². The zero-order valence-corrected chi connectivity index (χ0v) is 17.8. The third-order valence-corrected chi connectivity index (χ3v) is 4.81. The smallest absolute Gasteiger partial charge is 0.258 e. The first-order valence-corrected chi connectivity index (χ1v) is 9.73. The molecule has 0 fully saturated rings. The fourth-order valence-corrected chi connectivity index (χ4v) is 3.08. The van der Waals surface area contributed by atoms with E-state index in [1.807, 2.05) is 6.07 Å². The maximum atomic E-state index is 12.4. The number of carbonyl (C=O) groups excluding carboxylic acids is 1. The number of rotatable bonds is 7. The van der Waals surface area contributed by atoms with Gasteiger partial charge in [-0.3, -0.25) is 4.79 Å². The molecule has 0 aliphatic carbocycles. The molecule has 8 nitrogen and oxygen atoms in total. The highest BCUT2D eigenvalue weighted by atomic mass is 16.5. The van der Waals surface area contributed by atoms with Crippen molar-refractivity contribution in [3.63, 3.8) is 0 Å². The summed E-state index contributed by atoms with van der Waals surface area (Å²) in [6.45, 7) is 0. The summed E-state index contributed by atoms with van der Waals surface area (Å²) in [7, 11) is 4.72. The summed E-state index contributed by atoms with van der Waals surface area (Å²) in [4.78, 5) is 16.9. The van der Waals surface area contributed by atoms with Crippen LogP contribution in [0.15, 0.2) is 71.3 Å². The van der Waals surface area contributed by atoms with E-state index in [0.29, 0.717) is 40.2 Å². The summed E-state index contributed by atoms with van der Waals surface area (Å²) < 4.78 is 21.1. The molecule has 0 unspecified atom stereocenters. The molecule has 0 saturated heterocycles. The standard InChI is InChI=1S/C24H21N3O5/c1-29-19-11-6-15(7-12-19)23(28)25-18-9-4-16(5-10-18)24-26-22(27-32-24)17-8-13-20(30-2)21(14-17)31-3/h4-14H,1-3H3,(H,25,28). The number of hydrogen-bond donors (Lipinski definition) is 1. The van der Waals surface area contributed by atoms with Crippen LogP contribution in [0.25, 0.3) is 22.8 Å². The van der Waals surface area contributed by atoms with Gasteiger partial charge in [-0.15, -0.1) is 0 Å². The lowest BCUT2D eigenvalue weighted by atomic mass is 10.1. The molecule has 4 rings (SSSR count). The van der Waals surface area contributed by atoms with Crippen LogP contribution in [-0.4, -0.2) is 37.4 Å². The molecule has 0 saturated carbocycles. The number of ether oxygens (including phenoxy) is 3. The highest BCUT2D eigenvalue weighted by molar-refractivity contribution is 6.04. The topological polar surface area (TPSA) is 95.7 Å². The molecule has 1 heterocycles. The van der Waals surface area contributed by atoms with Gasteiger partial charge in [-0.1, -0.05) is 5.16 Å². The van der Waals surface area contributed by atoms with Crippen LogP contribution >= 0.6 is 0 Å². The minimum absolute atomic E-state index is 0.214. The fraction of sp³-hybridized carbons (Fsp3) is 0.125. The van der Waals surface area contributed by atoms with Crippen molar-refractivity contribution in [1.82, 2.24) is 10.1 Å². The van der Waals surface area contributed by atoms with Gasteiger partial charge in [-0.2, -0.15) is 4.98 Å². The number of nitrogens with zero attached hydrogens (tertiary/aromatic N) is 2. The Labute approximate surface area is 184 Å². The van der Waals surface area contributed by atoms with Crippen molar-refractivity contribution in [3.8, 4) is 40.1 Å². The van der Waals surface area contributed by atoms with Gasteiger partial charge >= 0.3 is 0 Å². The number of amides is 1. The van der Waals surface area contributed by atoms with Gasteiger partial charge in [0.15, 0.2) is 11.5 Å². The van der Waals surface area contributed by atoms with Crippen molar-refractivity contribution in [1.29, 1.82) is 0 Å². The van der Waals surface area contributed by atoms with E-state index in [1.165, 1.54) is 0 Å². The van der Waals surface area contributed by atoms with Crippen molar-refractivity contribution in [2.75, 3.05) is 26.6 Å². The van der Waals surface area contributed by atoms with E-state index in [2.05, 4.69) is 15.5 Å². The first kappa shape index (κ1) is 20.9. The Morgan fingerprint density at radius 1 is 0.812 bits per heavy atom. The average molecular weight is 431 g/mol. The van der Waals surface area contributed by atoms with Gasteiger partial charge in [0.1, 0.15) is 5.75 Å². The molecule has 1 aromatic heterocycles. The lowest BCUT2D eigenvalue weighted by Crippen LogP contribution is -2.11. The maximum Gasteiger partial charge on any atom is 0.258 e. The summed E-state index contributed by atoms with van der Waals surface area (Å²) in [6.07, 6.45) is 0. The maximum absolute atomic E-state index is 12.4. The third kappa shape index (κ3) is 4.39. The largest absolute Gasteiger partial charge is 0.497 e. The Morgan fingerprint density at radius 3 is 2.16 bits per heavy atom. The molecule has 0 aliphatic heterocycles. The van der Waals surface area contributed by atoms with Crippen LogP contribution in [0.2, 0.25) is 0 Å². The molecule has 162 valence electrons. The second-order valence-corrected chi connectivity index (χ2v) is 6.75. The first-order valence-electron chi connectivity index (χ1n) is 9.73. The summed E-state index contributed by atoms with van der Waals surface area (Å²) in [6, 6.07) is 19.4. The summed E-state index contributed by atoms with van der Waals surface area (Å²) >= 11 is 0. The zero-order chi connectivity index (χ0) is 22.5. The number of hydrogen-bond acceptors (Lipinski definition) is 7. The van der Waals surface area contributed by atoms with Gasteiger partial charge in [0, 0.05) is 22.4 Å². The van der Waals surface area contributed by atoms with E-state index < -0.39 is 0 Å². The van der Waals surface area contributed by atoms with Crippen molar-refractivity contribution < 1.29 is 23.5 Å². The highest BCUT2D eigenvalue weighted by Crippen LogP contribution is 2.32. The second kappa shape index (κ2) is 9.22. The van der Waals surface area contributed by atoms with Crippen molar-refractivity contribution >= 4 is 11.6 Å². The first-order chi connectivity index (χ1) is 15.6. The lowest BCUT2D eigenvalue weighted by Gasteiger charge is -2.07. The number of methoxy groups -OCH3 is 3. The Balaban J connectivity index is 1.47. The highest BCUT2D eigenvalue weighted by Gasteiger charge is 2.14. The average Bonchev–Trinajstić information content (AvgIpc) is 3.34. The summed E-state index contributed by atoms with van der Waals surface area (Å²) in [5.41, 5.74) is 2.65. The predicted octanol–water partition coefficient (Wildman–Crippen LogP) is 4.68. The Bertz CT molecular complexity index is 1220. The van der Waals surface area contributed by atoms with Crippen LogP contribution in [0.1, 0.15) is 10.4 Å². The zero-order valence-electron chi connectivity index (χ0n) is 17.8. The monoisotopic (exact) mass is 431 g/mol. The lowest BCUT2D eigenvalue weighted by molar-refractivity contribution is 0.102. The molecule has 0 bridgehead atoms. The van der Waals surface area contributed by atoms with Gasteiger partial charge in [0.2, 0.25) is 5.82 Å². The third-order valence-electron chi connectivity index (χ3n) is 4.81. The van der Waals surface area contributed by atoms with Crippen molar-refractivity contribution in [2.24, 2.45) is 0 Å². The Morgan fingerprint density at radius 2 is 1.50 bits per heavy atom. The molecule has 1 N–H and O–H groups in total. The van der Waals surface area contributed by atoms with E-state index >= 15 is 0 Å². The molecule has 0 spiro atoms. The summed E-state index contributed by atoms with van der Waals surface area (Å²) in [5, 5.41) is 6.91. The van der Waals surface area contributed by atoms with Crippen LogP contribution in [-0.2, 0) is 0 Å². The SMILES string of the molecule is COc1ccc(C(=O)Nc2ccc(-c3nc(-c4ccc(OC)c(OC)c4)no3)cc2)cc1. The molecule has 0 atom stereocenters. The molecule has 4 aromatic rings. The van der Waals surface area contributed by atoms with E-state index in [-0.39, 0.29) is 5.91 Å². The van der Waals surface area contributed by atoms with E-state index in [1.54, 1.807) is 82.0 Å². The number of carbonyl (C=O) groups is 1. The predicted molar refractivity (Wildman–Crippen MR) is 119 cm³/mol. The minimum Gasteiger partial charge on any atom is -0.497 e. The van der Waals surface area contributed by atoms with Crippen LogP contribution in [0.3, 0.4) is 0 Å². The van der Waals surface area contributed by atoms with Gasteiger partial charge in [0.25, 0.3) is 11.8 Å². The van der Waals surface area contributed by atoms with E-state index in [0.717, 1.165) is 11.1 Å². The van der Waals surface area contributed by atoms with Gasteiger partial charge < -0.3 is 24.1 Å².